The van der Waals surface area contributed by atoms with Crippen LogP contribution in [0.25, 0.3) is 0 Å². The average Bonchev–Trinajstić information content (AvgIpc) is 2.04. The number of nitro groups is 1. The second kappa shape index (κ2) is 4.46. The molecule has 0 spiro atoms. The van der Waals surface area contributed by atoms with Gasteiger partial charge in [-0.05, 0) is 24.6 Å². The predicted molar refractivity (Wildman–Crippen MR) is 57.4 cm³/mol. The fraction of sp³-hybridized carbons (Fsp3) is 0.333. The van der Waals surface area contributed by atoms with Crippen LogP contribution in [-0.2, 0) is 0 Å². The van der Waals surface area contributed by atoms with E-state index in [1.54, 1.807) is 6.07 Å². The summed E-state index contributed by atoms with van der Waals surface area (Å²) in [5.41, 5.74) is 0.636. The first-order chi connectivity index (χ1) is 6.68. The third-order valence-corrected chi connectivity index (χ3v) is 2.42. The predicted octanol–water partition coefficient (Wildman–Crippen LogP) is 1.76. The second-order valence-corrected chi connectivity index (χ2v) is 3.30. The van der Waals surface area contributed by atoms with Gasteiger partial charge in [0, 0.05) is 12.1 Å². The van der Waals surface area contributed by atoms with E-state index in [-0.39, 0.29) is 29.9 Å². The van der Waals surface area contributed by atoms with Crippen LogP contribution in [0, 0.1) is 10.1 Å². The molecular weight excluding hydrogens is 220 g/mol. The Kier molecular flexibility index (Phi) is 3.49. The largest absolute Gasteiger partial charge is 0.502 e. The fourth-order valence-electron chi connectivity index (χ4n) is 1.48. The summed E-state index contributed by atoms with van der Waals surface area (Å²) in [6.45, 7) is 0.944. The number of nitro benzene ring substituents is 1. The summed E-state index contributed by atoms with van der Waals surface area (Å²) >= 11 is 0. The highest BCUT2D eigenvalue weighted by molar-refractivity contribution is 5.85. The van der Waals surface area contributed by atoms with Gasteiger partial charge in [0.15, 0.2) is 5.75 Å². The van der Waals surface area contributed by atoms with Crippen molar-refractivity contribution in [1.29, 1.82) is 0 Å². The molecule has 1 heterocycles. The Bertz CT molecular complexity index is 380. The van der Waals surface area contributed by atoms with Crippen LogP contribution in [0.1, 0.15) is 18.0 Å². The van der Waals surface area contributed by atoms with Crippen LogP contribution in [0.4, 0.5) is 5.69 Å². The number of phenols is 1. The first-order valence-electron chi connectivity index (χ1n) is 4.39. The lowest BCUT2D eigenvalue weighted by Gasteiger charge is -2.27. The van der Waals surface area contributed by atoms with Crippen molar-refractivity contribution in [2.45, 2.75) is 12.5 Å². The Balaban J connectivity index is 0.00000112. The minimum absolute atomic E-state index is 0. The molecule has 2 N–H and O–H groups in total. The van der Waals surface area contributed by atoms with Crippen LogP contribution < -0.4 is 5.32 Å². The molecule has 0 aliphatic carbocycles. The quantitative estimate of drug-likeness (QED) is 0.600. The Hall–Kier alpha value is -1.33. The maximum absolute atomic E-state index is 10.5. The topological polar surface area (TPSA) is 75.4 Å². The van der Waals surface area contributed by atoms with Gasteiger partial charge in [0.25, 0.3) is 0 Å². The number of phenolic OH excluding ortho intramolecular Hbond substituents is 1. The van der Waals surface area contributed by atoms with Gasteiger partial charge in [-0.1, -0.05) is 6.07 Å². The van der Waals surface area contributed by atoms with E-state index in [0.717, 1.165) is 18.5 Å². The van der Waals surface area contributed by atoms with Crippen LogP contribution in [0.2, 0.25) is 0 Å². The Morgan fingerprint density at radius 3 is 2.67 bits per heavy atom. The number of nitrogens with one attached hydrogen (secondary N) is 1. The second-order valence-electron chi connectivity index (χ2n) is 3.30. The summed E-state index contributed by atoms with van der Waals surface area (Å²) in [4.78, 5) is 9.96. The van der Waals surface area contributed by atoms with Crippen LogP contribution in [0.5, 0.6) is 5.75 Å². The van der Waals surface area contributed by atoms with E-state index < -0.39 is 4.92 Å². The van der Waals surface area contributed by atoms with E-state index >= 15 is 0 Å². The van der Waals surface area contributed by atoms with E-state index in [1.165, 1.54) is 12.1 Å². The lowest BCUT2D eigenvalue weighted by atomic mass is 9.97. The number of hydrogen-bond acceptors (Lipinski definition) is 4. The van der Waals surface area contributed by atoms with Crippen molar-refractivity contribution in [1.82, 2.24) is 5.32 Å². The lowest BCUT2D eigenvalue weighted by molar-refractivity contribution is -0.385. The van der Waals surface area contributed by atoms with Crippen molar-refractivity contribution in [3.05, 3.63) is 33.9 Å². The smallest absolute Gasteiger partial charge is 0.311 e. The highest BCUT2D eigenvalue weighted by atomic mass is 35.5. The van der Waals surface area contributed by atoms with Crippen molar-refractivity contribution in [3.63, 3.8) is 0 Å². The van der Waals surface area contributed by atoms with E-state index in [0.29, 0.717) is 0 Å². The molecule has 0 unspecified atom stereocenters. The van der Waals surface area contributed by atoms with Crippen molar-refractivity contribution in [2.75, 3.05) is 6.54 Å². The minimum Gasteiger partial charge on any atom is -0.502 e. The maximum Gasteiger partial charge on any atom is 0.311 e. The van der Waals surface area contributed by atoms with Gasteiger partial charge in [-0.15, -0.1) is 12.4 Å². The Labute approximate surface area is 92.7 Å². The molecule has 82 valence electrons. The lowest BCUT2D eigenvalue weighted by Crippen LogP contribution is -2.34. The highest BCUT2D eigenvalue weighted by Crippen LogP contribution is 2.31. The molecule has 6 heteroatoms. The summed E-state index contributed by atoms with van der Waals surface area (Å²) in [6.07, 6.45) is 0.988. The number of halogens is 1. The Morgan fingerprint density at radius 1 is 1.53 bits per heavy atom. The first-order valence-corrected chi connectivity index (χ1v) is 4.39. The SMILES string of the molecule is Cl.O=[N+]([O-])c1cc([C@H]2CCN2)ccc1O. The van der Waals surface area contributed by atoms with Crippen molar-refractivity contribution < 1.29 is 10.0 Å². The zero-order chi connectivity index (χ0) is 10.1. The molecule has 5 nitrogen and oxygen atoms in total. The molecular formula is C9H11ClN2O3. The normalized spacial score (nSPS) is 18.8. The zero-order valence-electron chi connectivity index (χ0n) is 7.84. The summed E-state index contributed by atoms with van der Waals surface area (Å²) in [6, 6.07) is 4.70. The standard InChI is InChI=1S/C9H10N2O3.ClH/c12-9-2-1-6(7-3-4-10-7)5-8(9)11(13)14;/h1-2,5,7,10,12H,3-4H2;1H/t7-;/m1./s1. The van der Waals surface area contributed by atoms with Crippen LogP contribution >= 0.6 is 12.4 Å². The van der Waals surface area contributed by atoms with Crippen molar-refractivity contribution in [2.24, 2.45) is 0 Å². The van der Waals surface area contributed by atoms with E-state index in [2.05, 4.69) is 5.32 Å². The average molecular weight is 231 g/mol. The third-order valence-electron chi connectivity index (χ3n) is 2.42. The number of aromatic hydroxyl groups is 1. The van der Waals surface area contributed by atoms with Crippen molar-refractivity contribution in [3.8, 4) is 5.75 Å². The first kappa shape index (κ1) is 11.7. The molecule has 1 aliphatic rings. The molecule has 15 heavy (non-hydrogen) atoms. The summed E-state index contributed by atoms with van der Waals surface area (Å²) in [5, 5.41) is 22.9. The van der Waals surface area contributed by atoms with Crippen LogP contribution in [0.15, 0.2) is 18.2 Å². The van der Waals surface area contributed by atoms with Gasteiger partial charge in [-0.3, -0.25) is 10.1 Å². The number of nitrogens with zero attached hydrogens (tertiary/aromatic N) is 1. The molecule has 1 aromatic rings. The van der Waals surface area contributed by atoms with Gasteiger partial charge in [0.1, 0.15) is 0 Å². The van der Waals surface area contributed by atoms with Gasteiger partial charge in [0.05, 0.1) is 4.92 Å². The van der Waals surface area contributed by atoms with Gasteiger partial charge in [0.2, 0.25) is 0 Å². The number of hydrogen-bond donors (Lipinski definition) is 2. The van der Waals surface area contributed by atoms with Gasteiger partial charge < -0.3 is 10.4 Å². The van der Waals surface area contributed by atoms with E-state index in [1.807, 2.05) is 0 Å². The monoisotopic (exact) mass is 230 g/mol. The minimum atomic E-state index is -0.572. The molecule has 1 aliphatic heterocycles. The molecule has 0 amide bonds. The molecule has 2 rings (SSSR count). The van der Waals surface area contributed by atoms with Gasteiger partial charge >= 0.3 is 5.69 Å². The molecule has 1 atom stereocenters. The molecule has 0 bridgehead atoms. The summed E-state index contributed by atoms with van der Waals surface area (Å²) in [7, 11) is 0. The highest BCUT2D eigenvalue weighted by Gasteiger charge is 2.22. The summed E-state index contributed by atoms with van der Waals surface area (Å²) < 4.78 is 0. The van der Waals surface area contributed by atoms with Gasteiger partial charge in [-0.2, -0.15) is 0 Å². The molecule has 0 radical (unpaired) electrons. The van der Waals surface area contributed by atoms with E-state index in [9.17, 15) is 15.2 Å². The molecule has 1 fully saturated rings. The van der Waals surface area contributed by atoms with Gasteiger partial charge in [-0.25, -0.2) is 0 Å². The number of benzene rings is 1. The maximum atomic E-state index is 10.5. The van der Waals surface area contributed by atoms with Crippen LogP contribution in [-0.4, -0.2) is 16.6 Å². The zero-order valence-corrected chi connectivity index (χ0v) is 8.66. The molecule has 1 saturated heterocycles. The fourth-order valence-corrected chi connectivity index (χ4v) is 1.48. The van der Waals surface area contributed by atoms with Crippen LogP contribution in [0.3, 0.4) is 0 Å². The van der Waals surface area contributed by atoms with E-state index in [4.69, 9.17) is 0 Å². The summed E-state index contributed by atoms with van der Waals surface area (Å²) in [5.74, 6) is -0.280. The Morgan fingerprint density at radius 2 is 2.20 bits per heavy atom. The molecule has 0 aromatic heterocycles. The third kappa shape index (κ3) is 2.19. The molecule has 1 aromatic carbocycles. The number of rotatable bonds is 2. The molecule has 0 saturated carbocycles. The van der Waals surface area contributed by atoms with Crippen molar-refractivity contribution >= 4 is 18.1 Å².